The molecule has 0 heterocycles. The van der Waals surface area contributed by atoms with Gasteiger partial charge >= 0.3 is 5.97 Å². The predicted octanol–water partition coefficient (Wildman–Crippen LogP) is 5.76. The highest BCUT2D eigenvalue weighted by Crippen LogP contribution is 2.22. The van der Waals surface area contributed by atoms with Crippen LogP contribution in [0.3, 0.4) is 0 Å². The molecule has 4 aromatic carbocycles. The Labute approximate surface area is 207 Å². The number of carbonyl (C=O) groups is 2. The standard InChI is InChI=1S/C28H21ClN2O4/c29-24-14-10-22(11-15-24)28(33)35-26-9-5-4-8-23(26)18-30-31-27(32)19-34-25-16-12-21(13-17-25)20-6-2-1-3-7-20/h1-18H,19H2,(H,31,32)/b30-18-. The molecule has 0 aromatic heterocycles. The van der Waals surface area contributed by atoms with E-state index in [0.717, 1.165) is 11.1 Å². The summed E-state index contributed by atoms with van der Waals surface area (Å²) < 4.78 is 11.0. The Hall–Kier alpha value is -4.42. The molecule has 0 spiro atoms. The third-order valence-corrected chi connectivity index (χ3v) is 5.18. The van der Waals surface area contributed by atoms with Crippen LogP contribution in [0.1, 0.15) is 15.9 Å². The number of rotatable bonds is 8. The van der Waals surface area contributed by atoms with Gasteiger partial charge in [0.25, 0.3) is 5.91 Å². The predicted molar refractivity (Wildman–Crippen MR) is 136 cm³/mol. The van der Waals surface area contributed by atoms with Crippen LogP contribution in [0.25, 0.3) is 11.1 Å². The molecule has 4 rings (SSSR count). The number of halogens is 1. The molecule has 0 unspecified atom stereocenters. The van der Waals surface area contributed by atoms with Crippen LogP contribution >= 0.6 is 11.6 Å². The molecular formula is C28H21ClN2O4. The van der Waals surface area contributed by atoms with Crippen molar-refractivity contribution in [2.45, 2.75) is 0 Å². The van der Waals surface area contributed by atoms with Crippen molar-refractivity contribution in [2.75, 3.05) is 6.61 Å². The van der Waals surface area contributed by atoms with E-state index < -0.39 is 11.9 Å². The fourth-order valence-electron chi connectivity index (χ4n) is 3.15. The number of hydrazone groups is 1. The van der Waals surface area contributed by atoms with E-state index in [1.54, 1.807) is 48.5 Å². The molecule has 6 nitrogen and oxygen atoms in total. The Morgan fingerprint density at radius 3 is 2.20 bits per heavy atom. The van der Waals surface area contributed by atoms with E-state index in [9.17, 15) is 9.59 Å². The summed E-state index contributed by atoms with van der Waals surface area (Å²) in [6.07, 6.45) is 1.40. The first-order valence-corrected chi connectivity index (χ1v) is 11.1. The van der Waals surface area contributed by atoms with Crippen molar-refractivity contribution >= 4 is 29.7 Å². The summed E-state index contributed by atoms with van der Waals surface area (Å²) in [5.74, 6) is -0.0780. The third kappa shape index (κ3) is 6.79. The molecule has 1 amide bonds. The van der Waals surface area contributed by atoms with Gasteiger partial charge in [-0.25, -0.2) is 10.2 Å². The van der Waals surface area contributed by atoms with Crippen LogP contribution in [0.4, 0.5) is 0 Å². The van der Waals surface area contributed by atoms with E-state index in [0.29, 0.717) is 27.6 Å². The van der Waals surface area contributed by atoms with Gasteiger partial charge < -0.3 is 9.47 Å². The number of hydrogen-bond donors (Lipinski definition) is 1. The molecule has 0 saturated carbocycles. The van der Waals surface area contributed by atoms with Crippen LogP contribution in [0.15, 0.2) is 108 Å². The largest absolute Gasteiger partial charge is 0.484 e. The Kier molecular flexibility index (Phi) is 7.88. The zero-order valence-electron chi connectivity index (χ0n) is 18.6. The summed E-state index contributed by atoms with van der Waals surface area (Å²) in [5, 5.41) is 4.47. The number of hydrogen-bond acceptors (Lipinski definition) is 5. The molecule has 0 aliphatic rings. The minimum atomic E-state index is -0.529. The van der Waals surface area contributed by atoms with Gasteiger partial charge in [0.05, 0.1) is 11.8 Å². The van der Waals surface area contributed by atoms with Crippen molar-refractivity contribution in [3.8, 4) is 22.6 Å². The maximum absolute atomic E-state index is 12.4. The second kappa shape index (κ2) is 11.6. The van der Waals surface area contributed by atoms with Gasteiger partial charge in [0.1, 0.15) is 11.5 Å². The van der Waals surface area contributed by atoms with E-state index in [4.69, 9.17) is 21.1 Å². The number of amides is 1. The van der Waals surface area contributed by atoms with E-state index in [1.807, 2.05) is 54.6 Å². The molecule has 4 aromatic rings. The molecule has 1 N–H and O–H groups in total. The second-order valence-corrected chi connectivity index (χ2v) is 7.84. The van der Waals surface area contributed by atoms with E-state index >= 15 is 0 Å². The minimum Gasteiger partial charge on any atom is -0.484 e. The molecular weight excluding hydrogens is 464 g/mol. The van der Waals surface area contributed by atoms with Crippen molar-refractivity contribution in [3.63, 3.8) is 0 Å². The van der Waals surface area contributed by atoms with Gasteiger partial charge in [0.15, 0.2) is 6.61 Å². The minimum absolute atomic E-state index is 0.199. The van der Waals surface area contributed by atoms with Crippen molar-refractivity contribution < 1.29 is 19.1 Å². The maximum Gasteiger partial charge on any atom is 0.343 e. The molecule has 0 bridgehead atoms. The van der Waals surface area contributed by atoms with Gasteiger partial charge in [-0.15, -0.1) is 0 Å². The quantitative estimate of drug-likeness (QED) is 0.149. The maximum atomic E-state index is 12.4. The molecule has 7 heteroatoms. The average molecular weight is 485 g/mol. The zero-order valence-corrected chi connectivity index (χ0v) is 19.3. The monoisotopic (exact) mass is 484 g/mol. The summed E-state index contributed by atoms with van der Waals surface area (Å²) in [4.78, 5) is 24.5. The summed E-state index contributed by atoms with van der Waals surface area (Å²) in [6.45, 7) is -0.199. The number of nitrogens with one attached hydrogen (secondary N) is 1. The van der Waals surface area contributed by atoms with Gasteiger partial charge in [-0.3, -0.25) is 4.79 Å². The highest BCUT2D eigenvalue weighted by atomic mass is 35.5. The topological polar surface area (TPSA) is 77.0 Å². The third-order valence-electron chi connectivity index (χ3n) is 4.93. The lowest BCUT2D eigenvalue weighted by molar-refractivity contribution is -0.123. The van der Waals surface area contributed by atoms with Gasteiger partial charge in [-0.05, 0) is 59.7 Å². The zero-order chi connectivity index (χ0) is 24.5. The highest BCUT2D eigenvalue weighted by Gasteiger charge is 2.11. The average Bonchev–Trinajstić information content (AvgIpc) is 2.89. The van der Waals surface area contributed by atoms with Crippen LogP contribution < -0.4 is 14.9 Å². The Balaban J connectivity index is 1.29. The summed E-state index contributed by atoms with van der Waals surface area (Å²) in [6, 6.07) is 30.7. The number of benzene rings is 4. The molecule has 0 aliphatic heterocycles. The summed E-state index contributed by atoms with van der Waals surface area (Å²) >= 11 is 5.86. The van der Waals surface area contributed by atoms with Gasteiger partial charge in [0, 0.05) is 10.6 Å². The van der Waals surface area contributed by atoms with E-state index in [1.165, 1.54) is 6.21 Å². The lowest BCUT2D eigenvalue weighted by atomic mass is 10.1. The molecule has 35 heavy (non-hydrogen) atoms. The number of ether oxygens (including phenoxy) is 2. The second-order valence-electron chi connectivity index (χ2n) is 7.41. The van der Waals surface area contributed by atoms with E-state index in [2.05, 4.69) is 10.5 Å². The van der Waals surface area contributed by atoms with Gasteiger partial charge in [0.2, 0.25) is 0 Å². The number of carbonyl (C=O) groups excluding carboxylic acids is 2. The van der Waals surface area contributed by atoms with Crippen molar-refractivity contribution in [1.82, 2.24) is 5.43 Å². The number of nitrogens with zero attached hydrogens (tertiary/aromatic N) is 1. The van der Waals surface area contributed by atoms with Crippen LogP contribution in [-0.2, 0) is 4.79 Å². The molecule has 0 atom stereocenters. The summed E-state index contributed by atoms with van der Waals surface area (Å²) in [5.41, 5.74) is 5.45. The first kappa shape index (κ1) is 23.7. The van der Waals surface area contributed by atoms with Crippen LogP contribution in [0.2, 0.25) is 5.02 Å². The smallest absolute Gasteiger partial charge is 0.343 e. The van der Waals surface area contributed by atoms with Crippen molar-refractivity contribution in [1.29, 1.82) is 0 Å². The lowest BCUT2D eigenvalue weighted by Crippen LogP contribution is -2.24. The Morgan fingerprint density at radius 1 is 0.800 bits per heavy atom. The Morgan fingerprint density at radius 2 is 1.46 bits per heavy atom. The van der Waals surface area contributed by atoms with Crippen LogP contribution in [0.5, 0.6) is 11.5 Å². The first-order valence-electron chi connectivity index (χ1n) is 10.8. The van der Waals surface area contributed by atoms with Gasteiger partial charge in [-0.1, -0.05) is 66.2 Å². The van der Waals surface area contributed by atoms with Gasteiger partial charge in [-0.2, -0.15) is 5.10 Å². The van der Waals surface area contributed by atoms with Crippen molar-refractivity contribution in [2.24, 2.45) is 5.10 Å². The normalized spacial score (nSPS) is 10.7. The Bertz CT molecular complexity index is 1320. The van der Waals surface area contributed by atoms with Crippen molar-refractivity contribution in [3.05, 3.63) is 119 Å². The SMILES string of the molecule is O=C(COc1ccc(-c2ccccc2)cc1)N/N=C\c1ccccc1OC(=O)c1ccc(Cl)cc1. The number of para-hydroxylation sites is 1. The lowest BCUT2D eigenvalue weighted by Gasteiger charge is -2.08. The highest BCUT2D eigenvalue weighted by molar-refractivity contribution is 6.30. The molecule has 0 aliphatic carbocycles. The first-order chi connectivity index (χ1) is 17.1. The molecule has 0 fully saturated rings. The fraction of sp³-hybridized carbons (Fsp3) is 0.0357. The summed E-state index contributed by atoms with van der Waals surface area (Å²) in [7, 11) is 0. The van der Waals surface area contributed by atoms with Crippen LogP contribution in [-0.4, -0.2) is 24.7 Å². The fourth-order valence-corrected chi connectivity index (χ4v) is 3.28. The molecule has 0 radical (unpaired) electrons. The molecule has 0 saturated heterocycles. The molecule has 174 valence electrons. The number of esters is 1. The van der Waals surface area contributed by atoms with Crippen LogP contribution in [0, 0.1) is 0 Å². The van der Waals surface area contributed by atoms with E-state index in [-0.39, 0.29) is 6.61 Å².